The molecule has 11 heavy (non-hydrogen) atoms. The number of hydrogen-bond donors (Lipinski definition) is 0. The van der Waals surface area contributed by atoms with Crippen molar-refractivity contribution >= 4 is 44.3 Å². The molecular weight excluding hydrogens is 274 g/mol. The molecule has 1 unspecified atom stereocenters. The quantitative estimate of drug-likeness (QED) is 0.569. The lowest BCUT2D eigenvalue weighted by atomic mass is 10.3. The van der Waals surface area contributed by atoms with E-state index < -0.39 is 5.85 Å². The summed E-state index contributed by atoms with van der Waals surface area (Å²) in [5.74, 6) is -3.10. The van der Waals surface area contributed by atoms with Crippen LogP contribution in [-0.4, -0.2) is 11.4 Å². The molecule has 0 saturated carbocycles. The van der Waals surface area contributed by atoms with E-state index in [4.69, 9.17) is 27.2 Å². The summed E-state index contributed by atoms with van der Waals surface area (Å²) in [7, 11) is 0. The minimum Gasteiger partial charge on any atom is -0.496 e. The molecule has 0 N–H and O–H groups in total. The van der Waals surface area contributed by atoms with Crippen molar-refractivity contribution in [2.24, 2.45) is 0 Å². The van der Waals surface area contributed by atoms with Crippen LogP contribution in [0.3, 0.4) is 0 Å². The highest BCUT2D eigenvalue weighted by Crippen LogP contribution is 2.66. The van der Waals surface area contributed by atoms with Gasteiger partial charge in [0.25, 0.3) is 5.85 Å². The average molecular weight is 280 g/mol. The third-order valence-electron chi connectivity index (χ3n) is 1.34. The minimum absolute atomic E-state index is 0.0239. The summed E-state index contributed by atoms with van der Waals surface area (Å²) >= 11 is 14.1. The first-order chi connectivity index (χ1) is 5.04. The number of rotatable bonds is 2. The molecular formula is C5H6BrCl2O2P. The first-order valence-electron chi connectivity index (χ1n) is 2.94. The van der Waals surface area contributed by atoms with E-state index in [1.165, 1.54) is 6.26 Å². The van der Waals surface area contributed by atoms with Gasteiger partial charge in [-0.15, -0.1) is 0 Å². The molecule has 6 heteroatoms. The van der Waals surface area contributed by atoms with Gasteiger partial charge >= 0.3 is 0 Å². The normalized spacial score (nSPS) is 24.6. The second-order valence-electron chi connectivity index (χ2n) is 2.19. The lowest BCUT2D eigenvalue weighted by molar-refractivity contribution is 0.194. The second kappa shape index (κ2) is 3.69. The van der Waals surface area contributed by atoms with E-state index in [1.54, 1.807) is 0 Å². The summed E-state index contributed by atoms with van der Waals surface area (Å²) in [6, 6.07) is 0. The SMILES string of the molecule is O=P(Cl)(Cl)C1=COC(CBr)C1. The third-order valence-corrected chi connectivity index (χ3v) is 4.32. The highest BCUT2D eigenvalue weighted by Gasteiger charge is 2.29. The summed E-state index contributed by atoms with van der Waals surface area (Å²) in [6.07, 6.45) is 1.97. The van der Waals surface area contributed by atoms with Gasteiger partial charge in [-0.05, 0) is 22.5 Å². The summed E-state index contributed by atoms with van der Waals surface area (Å²) < 4.78 is 16.1. The molecule has 1 rings (SSSR count). The largest absolute Gasteiger partial charge is 0.496 e. The number of hydrogen-bond acceptors (Lipinski definition) is 2. The van der Waals surface area contributed by atoms with E-state index in [2.05, 4.69) is 15.9 Å². The van der Waals surface area contributed by atoms with Crippen LogP contribution in [0.2, 0.25) is 0 Å². The van der Waals surface area contributed by atoms with Gasteiger partial charge < -0.3 is 4.74 Å². The zero-order chi connectivity index (χ0) is 8.48. The second-order valence-corrected chi connectivity index (χ2v) is 7.71. The van der Waals surface area contributed by atoms with Gasteiger partial charge in [0.2, 0.25) is 0 Å². The Morgan fingerprint density at radius 3 is 2.73 bits per heavy atom. The van der Waals surface area contributed by atoms with Gasteiger partial charge in [0.1, 0.15) is 6.10 Å². The van der Waals surface area contributed by atoms with Crippen molar-refractivity contribution in [3.05, 3.63) is 11.6 Å². The van der Waals surface area contributed by atoms with Gasteiger partial charge in [-0.2, -0.15) is 0 Å². The first kappa shape index (κ1) is 9.91. The number of ether oxygens (including phenoxy) is 1. The van der Waals surface area contributed by atoms with E-state index in [0.717, 1.165) is 0 Å². The van der Waals surface area contributed by atoms with Crippen LogP contribution in [-0.2, 0) is 9.30 Å². The number of alkyl halides is 1. The summed E-state index contributed by atoms with van der Waals surface area (Å²) in [4.78, 5) is 0. The molecule has 1 atom stereocenters. The fraction of sp³-hybridized carbons (Fsp3) is 0.600. The van der Waals surface area contributed by atoms with Crippen LogP contribution in [0.4, 0.5) is 0 Å². The van der Waals surface area contributed by atoms with Crippen LogP contribution in [0.5, 0.6) is 0 Å². The predicted molar refractivity (Wildman–Crippen MR) is 50.7 cm³/mol. The molecule has 2 nitrogen and oxygen atoms in total. The van der Waals surface area contributed by atoms with Crippen molar-refractivity contribution < 1.29 is 9.30 Å². The molecule has 1 heterocycles. The van der Waals surface area contributed by atoms with E-state index in [1.807, 2.05) is 0 Å². The van der Waals surface area contributed by atoms with Gasteiger partial charge in [0.05, 0.1) is 11.6 Å². The maximum atomic E-state index is 11.0. The van der Waals surface area contributed by atoms with Crippen molar-refractivity contribution in [2.45, 2.75) is 12.5 Å². The zero-order valence-corrected chi connectivity index (χ0v) is 9.46. The smallest absolute Gasteiger partial charge is 0.281 e. The average Bonchev–Trinajstić information content (AvgIpc) is 2.32. The fourth-order valence-electron chi connectivity index (χ4n) is 0.763. The highest BCUT2D eigenvalue weighted by molar-refractivity contribution is 9.09. The molecule has 0 aliphatic carbocycles. The lowest BCUT2D eigenvalue weighted by Gasteiger charge is -2.04. The minimum atomic E-state index is -3.10. The van der Waals surface area contributed by atoms with Crippen molar-refractivity contribution in [3.63, 3.8) is 0 Å². The predicted octanol–water partition coefficient (Wildman–Crippen LogP) is 3.68. The summed E-state index contributed by atoms with van der Waals surface area (Å²) in [5, 5.41) is 1.20. The Hall–Kier alpha value is 0.830. The lowest BCUT2D eigenvalue weighted by Crippen LogP contribution is -2.05. The molecule has 0 amide bonds. The monoisotopic (exact) mass is 278 g/mol. The van der Waals surface area contributed by atoms with Crippen LogP contribution >= 0.6 is 44.3 Å². The molecule has 0 fully saturated rings. The topological polar surface area (TPSA) is 26.3 Å². The molecule has 0 radical (unpaired) electrons. The molecule has 0 aromatic heterocycles. The Labute approximate surface area is 83.0 Å². The van der Waals surface area contributed by atoms with Crippen LogP contribution in [0, 0.1) is 0 Å². The van der Waals surface area contributed by atoms with Crippen LogP contribution in [0.15, 0.2) is 11.6 Å². The molecule has 0 bridgehead atoms. The number of halogens is 3. The fourth-order valence-corrected chi connectivity index (χ4v) is 2.40. The molecule has 0 spiro atoms. The van der Waals surface area contributed by atoms with Gasteiger partial charge in [-0.1, -0.05) is 15.9 Å². The summed E-state index contributed by atoms with van der Waals surface area (Å²) in [5.41, 5.74) is 0. The van der Waals surface area contributed by atoms with Crippen molar-refractivity contribution in [1.29, 1.82) is 0 Å². The standard InChI is InChI=1S/C5H6BrCl2O2P/c6-2-4-1-5(3-10-4)11(7,8)9/h3-4H,1-2H2. The molecule has 0 aromatic rings. The van der Waals surface area contributed by atoms with Gasteiger partial charge in [-0.3, -0.25) is 4.57 Å². The molecule has 64 valence electrons. The Morgan fingerprint density at radius 1 is 1.82 bits per heavy atom. The molecule has 0 aromatic carbocycles. The Bertz CT molecular complexity index is 225. The Morgan fingerprint density at radius 2 is 2.45 bits per heavy atom. The molecule has 1 aliphatic rings. The Balaban J connectivity index is 2.60. The first-order valence-corrected chi connectivity index (χ1v) is 7.58. The maximum absolute atomic E-state index is 11.0. The van der Waals surface area contributed by atoms with Gasteiger partial charge in [0.15, 0.2) is 0 Å². The van der Waals surface area contributed by atoms with Gasteiger partial charge in [0, 0.05) is 11.8 Å². The molecule has 0 saturated heterocycles. The van der Waals surface area contributed by atoms with E-state index in [0.29, 0.717) is 17.1 Å². The van der Waals surface area contributed by atoms with E-state index in [-0.39, 0.29) is 6.10 Å². The van der Waals surface area contributed by atoms with Crippen LogP contribution in [0.1, 0.15) is 6.42 Å². The van der Waals surface area contributed by atoms with Crippen LogP contribution < -0.4 is 0 Å². The Kier molecular flexibility index (Phi) is 3.33. The third kappa shape index (κ3) is 2.66. The van der Waals surface area contributed by atoms with Crippen molar-refractivity contribution in [3.8, 4) is 0 Å². The van der Waals surface area contributed by atoms with E-state index in [9.17, 15) is 4.57 Å². The highest BCUT2D eigenvalue weighted by atomic mass is 79.9. The van der Waals surface area contributed by atoms with Crippen molar-refractivity contribution in [1.82, 2.24) is 0 Å². The molecule has 1 aliphatic heterocycles. The van der Waals surface area contributed by atoms with Crippen molar-refractivity contribution in [2.75, 3.05) is 5.33 Å². The van der Waals surface area contributed by atoms with Crippen LogP contribution in [0.25, 0.3) is 0 Å². The van der Waals surface area contributed by atoms with E-state index >= 15 is 0 Å². The maximum Gasteiger partial charge on any atom is 0.281 e. The zero-order valence-electron chi connectivity index (χ0n) is 5.47. The van der Waals surface area contributed by atoms with Gasteiger partial charge in [-0.25, -0.2) is 0 Å². The summed E-state index contributed by atoms with van der Waals surface area (Å²) in [6.45, 7) is 0.